The average Bonchev–Trinajstić information content (AvgIpc) is 3.31. The topological polar surface area (TPSA) is 106 Å². The second-order valence-electron chi connectivity index (χ2n) is 10.1. The second kappa shape index (κ2) is 10.4. The number of aromatic nitrogens is 5. The molecule has 0 radical (unpaired) electrons. The minimum Gasteiger partial charge on any atom is -0.312 e. The first-order valence-corrected chi connectivity index (χ1v) is 13.0. The van der Waals surface area contributed by atoms with Gasteiger partial charge in [-0.2, -0.15) is 0 Å². The van der Waals surface area contributed by atoms with Gasteiger partial charge in [-0.3, -0.25) is 14.6 Å². The van der Waals surface area contributed by atoms with Gasteiger partial charge in [0.05, 0.1) is 17.6 Å². The highest BCUT2D eigenvalue weighted by Gasteiger charge is 2.28. The maximum atomic E-state index is 13.4. The Bertz CT molecular complexity index is 1720. The summed E-state index contributed by atoms with van der Waals surface area (Å²) in [5, 5.41) is 7.34. The molecule has 6 rings (SSSR count). The fourth-order valence-electron chi connectivity index (χ4n) is 5.05. The first kappa shape index (κ1) is 24.9. The average molecular weight is 526 g/mol. The number of carbonyl (C=O) groups is 1. The number of halogens is 1. The van der Waals surface area contributed by atoms with Crippen LogP contribution in [0.3, 0.4) is 0 Å². The van der Waals surface area contributed by atoms with E-state index in [0.29, 0.717) is 43.1 Å². The molecule has 2 N–H and O–H groups in total. The summed E-state index contributed by atoms with van der Waals surface area (Å²) in [4.78, 5) is 38.0. The molecular weight excluding hydrogens is 497 g/mol. The summed E-state index contributed by atoms with van der Waals surface area (Å²) in [6.07, 6.45) is 11.3. The van der Waals surface area contributed by atoms with E-state index in [9.17, 15) is 14.0 Å². The molecule has 5 aromatic rings. The molecule has 39 heavy (non-hydrogen) atoms. The molecule has 1 amide bonds. The molecule has 0 atom stereocenters. The van der Waals surface area contributed by atoms with Crippen molar-refractivity contribution in [2.24, 2.45) is 5.92 Å². The predicted molar refractivity (Wildman–Crippen MR) is 147 cm³/mol. The number of hydrogen-bond acceptors (Lipinski definition) is 6. The molecule has 1 aliphatic carbocycles. The van der Waals surface area contributed by atoms with E-state index in [0.717, 1.165) is 40.0 Å². The number of fused-ring (bicyclic) bond motifs is 2. The molecule has 10 heteroatoms. The van der Waals surface area contributed by atoms with Gasteiger partial charge >= 0.3 is 0 Å². The molecule has 1 saturated carbocycles. The fraction of sp³-hybridized carbons (Fsp3) is 0.276. The van der Waals surface area contributed by atoms with E-state index in [-0.39, 0.29) is 11.5 Å². The van der Waals surface area contributed by atoms with Crippen LogP contribution >= 0.6 is 0 Å². The van der Waals surface area contributed by atoms with Gasteiger partial charge in [0, 0.05) is 61.8 Å². The van der Waals surface area contributed by atoms with Crippen LogP contribution in [0, 0.1) is 5.92 Å². The summed E-state index contributed by atoms with van der Waals surface area (Å²) in [5.41, 5.74) is 4.12. The number of carbonyl (C=O) groups excluding carboxylic acids is 1. The molecule has 0 aliphatic heterocycles. The number of rotatable bonds is 8. The van der Waals surface area contributed by atoms with Crippen LogP contribution in [0.1, 0.15) is 31.0 Å². The maximum Gasteiger partial charge on any atom is 0.260 e. The molecule has 0 aromatic carbocycles. The number of alkyl halides is 1. The monoisotopic (exact) mass is 525 g/mol. The minimum atomic E-state index is -0.628. The maximum absolute atomic E-state index is 13.4. The number of amides is 1. The van der Waals surface area contributed by atoms with Crippen LogP contribution in [0.4, 0.5) is 10.2 Å². The van der Waals surface area contributed by atoms with Crippen molar-refractivity contribution in [3.8, 4) is 11.1 Å². The van der Waals surface area contributed by atoms with Crippen molar-refractivity contribution in [2.45, 2.75) is 39.0 Å². The van der Waals surface area contributed by atoms with Gasteiger partial charge in [-0.15, -0.1) is 0 Å². The second-order valence-corrected chi connectivity index (χ2v) is 10.1. The Kier molecular flexibility index (Phi) is 6.62. The summed E-state index contributed by atoms with van der Waals surface area (Å²) in [6.45, 7) is 3.29. The highest BCUT2D eigenvalue weighted by Crippen LogP contribution is 2.29. The summed E-state index contributed by atoms with van der Waals surface area (Å²) in [5.74, 6) is 0.700. The Hall–Kier alpha value is -4.44. The van der Waals surface area contributed by atoms with Crippen molar-refractivity contribution >= 4 is 28.1 Å². The zero-order valence-corrected chi connectivity index (χ0v) is 21.5. The van der Waals surface area contributed by atoms with E-state index in [2.05, 4.69) is 20.6 Å². The Labute approximate surface area is 223 Å². The van der Waals surface area contributed by atoms with Crippen LogP contribution in [0.2, 0.25) is 0 Å². The Morgan fingerprint density at radius 3 is 2.74 bits per heavy atom. The van der Waals surface area contributed by atoms with Crippen molar-refractivity contribution in [1.82, 2.24) is 29.2 Å². The number of imidazole rings is 1. The molecular formula is C29H28FN7O2. The third-order valence-electron chi connectivity index (χ3n) is 7.13. The van der Waals surface area contributed by atoms with Crippen LogP contribution in [-0.4, -0.2) is 42.5 Å². The van der Waals surface area contributed by atoms with Crippen LogP contribution in [0.25, 0.3) is 27.5 Å². The number of nitrogens with one attached hydrogen (secondary N) is 2. The van der Waals surface area contributed by atoms with Gasteiger partial charge in [0.1, 0.15) is 17.6 Å². The first-order chi connectivity index (χ1) is 18.9. The molecule has 5 aromatic heterocycles. The standard InChI is InChI=1S/C29H28FN7O2/c1-18(38)34-27-3-2-21(13-33-27)25-14-32-15-26-24(25)5-7-37(29(26)39)17-23-16-36-6-4-19(10-28(36)35-23)11-31-12-20-8-22(30)9-20/h2-7,10,13-16,20,22,31H,8-9,11-12,17H2,1H3,(H,33,34,38). The SMILES string of the molecule is CC(=O)Nc1ccc(-c2cncc3c(=O)n(Cc4cn5ccc(CNCC6CC(F)C6)cc5n4)ccc23)cn1. The predicted octanol–water partition coefficient (Wildman–Crippen LogP) is 3.95. The van der Waals surface area contributed by atoms with Gasteiger partial charge in [0.15, 0.2) is 0 Å². The highest BCUT2D eigenvalue weighted by molar-refractivity contribution is 5.95. The fourth-order valence-corrected chi connectivity index (χ4v) is 5.05. The van der Waals surface area contributed by atoms with E-state index < -0.39 is 6.17 Å². The van der Waals surface area contributed by atoms with E-state index in [1.54, 1.807) is 35.4 Å². The van der Waals surface area contributed by atoms with E-state index in [1.807, 2.05) is 41.1 Å². The molecule has 0 saturated heterocycles. The third-order valence-corrected chi connectivity index (χ3v) is 7.13. The summed E-state index contributed by atoms with van der Waals surface area (Å²) >= 11 is 0. The summed E-state index contributed by atoms with van der Waals surface area (Å²) in [7, 11) is 0. The molecule has 0 spiro atoms. The van der Waals surface area contributed by atoms with Gasteiger partial charge in [-0.1, -0.05) is 0 Å². The smallest absolute Gasteiger partial charge is 0.260 e. The van der Waals surface area contributed by atoms with Gasteiger partial charge in [0.25, 0.3) is 5.56 Å². The van der Waals surface area contributed by atoms with Crippen LogP contribution in [0.15, 0.2) is 72.3 Å². The van der Waals surface area contributed by atoms with Crippen molar-refractivity contribution in [2.75, 3.05) is 11.9 Å². The van der Waals surface area contributed by atoms with Crippen molar-refractivity contribution in [3.63, 3.8) is 0 Å². The lowest BCUT2D eigenvalue weighted by Gasteiger charge is -2.29. The molecule has 0 unspecified atom stereocenters. The van der Waals surface area contributed by atoms with Crippen LogP contribution in [-0.2, 0) is 17.9 Å². The summed E-state index contributed by atoms with van der Waals surface area (Å²) < 4.78 is 16.6. The van der Waals surface area contributed by atoms with Crippen LogP contribution in [0.5, 0.6) is 0 Å². The molecule has 1 fully saturated rings. The van der Waals surface area contributed by atoms with Gasteiger partial charge < -0.3 is 19.6 Å². The lowest BCUT2D eigenvalue weighted by atomic mass is 9.83. The molecule has 9 nitrogen and oxygen atoms in total. The van der Waals surface area contributed by atoms with Gasteiger partial charge in [-0.05, 0) is 66.6 Å². The molecule has 5 heterocycles. The van der Waals surface area contributed by atoms with Gasteiger partial charge in [-0.25, -0.2) is 14.4 Å². The van der Waals surface area contributed by atoms with Crippen molar-refractivity contribution < 1.29 is 9.18 Å². The minimum absolute atomic E-state index is 0.155. The molecule has 0 bridgehead atoms. The zero-order chi connectivity index (χ0) is 26.9. The Morgan fingerprint density at radius 2 is 1.97 bits per heavy atom. The lowest BCUT2D eigenvalue weighted by Crippen LogP contribution is -2.33. The van der Waals surface area contributed by atoms with E-state index in [4.69, 9.17) is 4.98 Å². The lowest BCUT2D eigenvalue weighted by molar-refractivity contribution is -0.114. The number of anilines is 1. The normalized spacial score (nSPS) is 16.9. The third kappa shape index (κ3) is 5.28. The number of nitrogens with zero attached hydrogens (tertiary/aromatic N) is 5. The van der Waals surface area contributed by atoms with Crippen molar-refractivity contribution in [1.29, 1.82) is 0 Å². The highest BCUT2D eigenvalue weighted by atomic mass is 19.1. The van der Waals surface area contributed by atoms with Crippen LogP contribution < -0.4 is 16.2 Å². The Balaban J connectivity index is 1.20. The van der Waals surface area contributed by atoms with Gasteiger partial charge in [0.2, 0.25) is 5.91 Å². The number of pyridine rings is 4. The molecule has 1 aliphatic rings. The molecule has 198 valence electrons. The van der Waals surface area contributed by atoms with Crippen molar-refractivity contribution in [3.05, 3.63) is 89.1 Å². The quantitative estimate of drug-likeness (QED) is 0.318. The first-order valence-electron chi connectivity index (χ1n) is 13.0. The summed E-state index contributed by atoms with van der Waals surface area (Å²) in [6, 6.07) is 9.53. The van der Waals surface area contributed by atoms with E-state index in [1.165, 1.54) is 6.92 Å². The number of hydrogen-bond donors (Lipinski definition) is 2. The van der Waals surface area contributed by atoms with E-state index >= 15 is 0 Å². The largest absolute Gasteiger partial charge is 0.312 e. The Morgan fingerprint density at radius 1 is 1.10 bits per heavy atom. The zero-order valence-electron chi connectivity index (χ0n) is 21.5.